The molecule has 1 saturated heterocycles. The highest BCUT2D eigenvalue weighted by Crippen LogP contribution is 2.27. The minimum atomic E-state index is -3.38. The monoisotopic (exact) mass is 481 g/mol. The van der Waals surface area contributed by atoms with Crippen molar-refractivity contribution in [1.82, 2.24) is 4.90 Å². The standard InChI is InChI=1S/C24H35NO7S/c1-6-31-22(27)20(21(26)18-8-10-19(11-9-18)33(5,29)30)12-7-17-13-15-25(16-14-17)23(28)32-24(2,3)4/h8-11,17,20H,6-7,12-16H2,1-5H3. The van der Waals surface area contributed by atoms with Crippen LogP contribution in [0.25, 0.3) is 0 Å². The Bertz CT molecular complexity index is 940. The van der Waals surface area contributed by atoms with Crippen LogP contribution >= 0.6 is 0 Å². The quantitative estimate of drug-likeness (QED) is 0.315. The summed E-state index contributed by atoms with van der Waals surface area (Å²) in [6.07, 6.45) is 3.30. The summed E-state index contributed by atoms with van der Waals surface area (Å²) >= 11 is 0. The molecule has 0 aromatic heterocycles. The van der Waals surface area contributed by atoms with E-state index in [2.05, 4.69) is 0 Å². The van der Waals surface area contributed by atoms with Gasteiger partial charge in [-0.2, -0.15) is 0 Å². The van der Waals surface area contributed by atoms with E-state index in [1.165, 1.54) is 24.3 Å². The fraction of sp³-hybridized carbons (Fsp3) is 0.625. The van der Waals surface area contributed by atoms with Gasteiger partial charge in [0.25, 0.3) is 0 Å². The van der Waals surface area contributed by atoms with Crippen LogP contribution in [0.15, 0.2) is 29.2 Å². The van der Waals surface area contributed by atoms with Gasteiger partial charge in [0, 0.05) is 24.9 Å². The second kappa shape index (κ2) is 11.1. The lowest BCUT2D eigenvalue weighted by Crippen LogP contribution is -2.41. The van der Waals surface area contributed by atoms with Gasteiger partial charge in [0.1, 0.15) is 11.5 Å². The first-order chi connectivity index (χ1) is 15.3. The minimum Gasteiger partial charge on any atom is -0.465 e. The molecule has 9 heteroatoms. The predicted octanol–water partition coefficient (Wildman–Crippen LogP) is 3.88. The van der Waals surface area contributed by atoms with E-state index in [0.717, 1.165) is 19.1 Å². The number of hydrogen-bond donors (Lipinski definition) is 0. The number of benzene rings is 1. The number of Topliss-reactive ketones (excluding diaryl/α,β-unsaturated/α-hetero) is 1. The molecule has 1 aromatic carbocycles. The lowest BCUT2D eigenvalue weighted by Gasteiger charge is -2.33. The molecule has 0 aliphatic carbocycles. The zero-order valence-electron chi connectivity index (χ0n) is 20.1. The maximum atomic E-state index is 13.0. The molecule has 1 amide bonds. The number of likely N-dealkylation sites (tertiary alicyclic amines) is 1. The van der Waals surface area contributed by atoms with Crippen molar-refractivity contribution in [3.8, 4) is 0 Å². The molecule has 33 heavy (non-hydrogen) atoms. The number of amides is 1. The van der Waals surface area contributed by atoms with Gasteiger partial charge in [-0.05, 0) is 71.4 Å². The molecule has 1 aliphatic heterocycles. The van der Waals surface area contributed by atoms with Crippen molar-refractivity contribution in [2.24, 2.45) is 11.8 Å². The van der Waals surface area contributed by atoms with Gasteiger partial charge in [0.15, 0.2) is 15.6 Å². The Morgan fingerprint density at radius 3 is 2.15 bits per heavy atom. The van der Waals surface area contributed by atoms with Crippen LogP contribution in [0, 0.1) is 11.8 Å². The molecule has 1 heterocycles. The van der Waals surface area contributed by atoms with E-state index < -0.39 is 27.3 Å². The van der Waals surface area contributed by atoms with E-state index in [4.69, 9.17) is 9.47 Å². The average molecular weight is 482 g/mol. The topological polar surface area (TPSA) is 107 Å². The van der Waals surface area contributed by atoms with Gasteiger partial charge in [0.2, 0.25) is 0 Å². The molecule has 0 bridgehead atoms. The largest absolute Gasteiger partial charge is 0.465 e. The first kappa shape index (κ1) is 26.8. The summed E-state index contributed by atoms with van der Waals surface area (Å²) in [5.41, 5.74) is -0.263. The Kier molecular flexibility index (Phi) is 9.05. The van der Waals surface area contributed by atoms with Gasteiger partial charge in [-0.25, -0.2) is 13.2 Å². The van der Waals surface area contributed by atoms with Crippen molar-refractivity contribution in [2.75, 3.05) is 26.0 Å². The van der Waals surface area contributed by atoms with Crippen LogP contribution in [0.3, 0.4) is 0 Å². The highest BCUT2D eigenvalue weighted by molar-refractivity contribution is 7.90. The van der Waals surface area contributed by atoms with E-state index in [1.54, 1.807) is 11.8 Å². The zero-order chi connectivity index (χ0) is 24.8. The summed E-state index contributed by atoms with van der Waals surface area (Å²) in [5, 5.41) is 0. The van der Waals surface area contributed by atoms with Crippen LogP contribution < -0.4 is 0 Å². The van der Waals surface area contributed by atoms with Gasteiger partial charge in [-0.3, -0.25) is 9.59 Å². The van der Waals surface area contributed by atoms with Crippen LogP contribution in [0.5, 0.6) is 0 Å². The molecule has 1 aromatic rings. The van der Waals surface area contributed by atoms with Crippen LogP contribution in [0.4, 0.5) is 4.79 Å². The van der Waals surface area contributed by atoms with Crippen molar-refractivity contribution < 1.29 is 32.3 Å². The molecule has 1 atom stereocenters. The Labute approximate surface area is 196 Å². The smallest absolute Gasteiger partial charge is 0.410 e. The lowest BCUT2D eigenvalue weighted by atomic mass is 9.86. The summed E-state index contributed by atoms with van der Waals surface area (Å²) in [6.45, 7) is 8.50. The number of ketones is 1. The number of esters is 1. The lowest BCUT2D eigenvalue weighted by molar-refractivity contribution is -0.146. The van der Waals surface area contributed by atoms with Gasteiger partial charge >= 0.3 is 12.1 Å². The Balaban J connectivity index is 2.00. The van der Waals surface area contributed by atoms with Gasteiger partial charge in [-0.15, -0.1) is 0 Å². The van der Waals surface area contributed by atoms with E-state index in [-0.39, 0.29) is 34.9 Å². The molecule has 1 unspecified atom stereocenters. The molecule has 0 spiro atoms. The Morgan fingerprint density at radius 1 is 1.09 bits per heavy atom. The van der Waals surface area contributed by atoms with Crippen molar-refractivity contribution in [3.05, 3.63) is 29.8 Å². The van der Waals surface area contributed by atoms with Crippen LogP contribution in [0.1, 0.15) is 63.7 Å². The number of sulfone groups is 1. The minimum absolute atomic E-state index is 0.114. The van der Waals surface area contributed by atoms with Gasteiger partial charge < -0.3 is 14.4 Å². The first-order valence-corrected chi connectivity index (χ1v) is 13.2. The number of nitrogens with zero attached hydrogens (tertiary/aromatic N) is 1. The number of hydrogen-bond acceptors (Lipinski definition) is 7. The highest BCUT2D eigenvalue weighted by atomic mass is 32.2. The van der Waals surface area contributed by atoms with Gasteiger partial charge in [-0.1, -0.05) is 12.1 Å². The molecule has 0 N–H and O–H groups in total. The maximum Gasteiger partial charge on any atom is 0.410 e. The Morgan fingerprint density at radius 2 is 1.67 bits per heavy atom. The molecule has 184 valence electrons. The second-order valence-electron chi connectivity index (χ2n) is 9.45. The van der Waals surface area contributed by atoms with Gasteiger partial charge in [0.05, 0.1) is 11.5 Å². The van der Waals surface area contributed by atoms with Crippen molar-refractivity contribution in [1.29, 1.82) is 0 Å². The molecule has 1 aliphatic rings. The van der Waals surface area contributed by atoms with E-state index >= 15 is 0 Å². The number of carbonyl (C=O) groups is 3. The molecule has 0 radical (unpaired) electrons. The van der Waals surface area contributed by atoms with Crippen LogP contribution in [-0.2, 0) is 24.1 Å². The third-order valence-electron chi connectivity index (χ3n) is 5.58. The average Bonchev–Trinajstić information content (AvgIpc) is 2.72. The molecular formula is C24H35NO7S. The molecule has 2 rings (SSSR count). The summed E-state index contributed by atoms with van der Waals surface area (Å²) in [7, 11) is -3.38. The fourth-order valence-corrected chi connectivity index (χ4v) is 4.43. The number of piperidine rings is 1. The van der Waals surface area contributed by atoms with E-state index in [9.17, 15) is 22.8 Å². The van der Waals surface area contributed by atoms with Crippen molar-refractivity contribution in [2.45, 2.75) is 63.9 Å². The SMILES string of the molecule is CCOC(=O)C(CCC1CCN(C(=O)OC(C)(C)C)CC1)C(=O)c1ccc(S(C)(=O)=O)cc1. The third kappa shape index (κ3) is 8.14. The second-order valence-corrected chi connectivity index (χ2v) is 11.5. The molecular weight excluding hydrogens is 446 g/mol. The number of carbonyl (C=O) groups excluding carboxylic acids is 3. The maximum absolute atomic E-state index is 13.0. The normalized spacial score (nSPS) is 16.2. The Hall–Kier alpha value is -2.42. The summed E-state index contributed by atoms with van der Waals surface area (Å²) in [4.78, 5) is 39.6. The summed E-state index contributed by atoms with van der Waals surface area (Å²) < 4.78 is 33.9. The van der Waals surface area contributed by atoms with E-state index in [0.29, 0.717) is 25.9 Å². The number of ether oxygens (including phenoxy) is 2. The molecule has 0 saturated carbocycles. The number of rotatable bonds is 8. The molecule has 8 nitrogen and oxygen atoms in total. The van der Waals surface area contributed by atoms with Crippen LogP contribution in [-0.4, -0.2) is 62.7 Å². The first-order valence-electron chi connectivity index (χ1n) is 11.3. The fourth-order valence-electron chi connectivity index (χ4n) is 3.80. The zero-order valence-corrected chi connectivity index (χ0v) is 20.9. The van der Waals surface area contributed by atoms with Crippen molar-refractivity contribution >= 4 is 27.7 Å². The van der Waals surface area contributed by atoms with Crippen molar-refractivity contribution in [3.63, 3.8) is 0 Å². The molecule has 1 fully saturated rings. The summed E-state index contributed by atoms with van der Waals surface area (Å²) in [6, 6.07) is 5.61. The summed E-state index contributed by atoms with van der Waals surface area (Å²) in [5.74, 6) is -1.61. The van der Waals surface area contributed by atoms with Crippen LogP contribution in [0.2, 0.25) is 0 Å². The van der Waals surface area contributed by atoms with E-state index in [1.807, 2.05) is 20.8 Å². The third-order valence-corrected chi connectivity index (χ3v) is 6.71. The highest BCUT2D eigenvalue weighted by Gasteiger charge is 2.32. The predicted molar refractivity (Wildman–Crippen MR) is 124 cm³/mol.